The summed E-state index contributed by atoms with van der Waals surface area (Å²) < 4.78 is 22.7. The monoisotopic (exact) mass is 873 g/mol. The maximum atomic E-state index is 12.2. The normalized spacial score (nSPS) is 25.2. The minimum atomic E-state index is -1.57. The first-order chi connectivity index (χ1) is 29.3. The van der Waals surface area contributed by atoms with Crippen LogP contribution in [0, 0.1) is 5.92 Å². The van der Waals surface area contributed by atoms with Crippen molar-refractivity contribution < 1.29 is 54.4 Å². The number of nitrogens with one attached hydrogen (secondary N) is 1. The molecule has 0 saturated carbocycles. The highest BCUT2D eigenvalue weighted by atomic mass is 16.7. The Morgan fingerprint density at radius 2 is 1.31 bits per heavy atom. The van der Waals surface area contributed by atoms with E-state index in [2.05, 4.69) is 17.1 Å². The zero-order valence-electron chi connectivity index (χ0n) is 39.0. The summed E-state index contributed by atoms with van der Waals surface area (Å²) >= 11 is 0. The Kier molecular flexibility index (Phi) is 27.0. The lowest BCUT2D eigenvalue weighted by Crippen LogP contribution is -2.67. The number of likely N-dealkylation sites (tertiary alicyclic amines) is 1. The fraction of sp³-hybridized carbons (Fsp3) is 0.979. The summed E-state index contributed by atoms with van der Waals surface area (Å²) in [7, 11) is 0. The van der Waals surface area contributed by atoms with Gasteiger partial charge < -0.3 is 49.6 Å². The van der Waals surface area contributed by atoms with Gasteiger partial charge in [0.15, 0.2) is 6.29 Å². The summed E-state index contributed by atoms with van der Waals surface area (Å²) in [6.45, 7) is 10.6. The summed E-state index contributed by atoms with van der Waals surface area (Å²) in [5.41, 5.74) is -0.817. The average Bonchev–Trinajstić information content (AvgIpc) is 3.21. The Labute approximate surface area is 370 Å². The number of piperidine rings is 1. The van der Waals surface area contributed by atoms with Crippen LogP contribution in [-0.2, 0) is 23.7 Å². The van der Waals surface area contributed by atoms with E-state index in [0.717, 1.165) is 76.8 Å². The molecule has 0 spiro atoms. The molecular formula is C48H92N2O11. The Bertz CT molecular complexity index is 1110. The molecule has 0 aromatic rings. The van der Waals surface area contributed by atoms with Gasteiger partial charge in [0.2, 0.25) is 0 Å². The summed E-state index contributed by atoms with van der Waals surface area (Å²) in [6.07, 6.45) is 19.8. The molecule has 0 amide bonds. The molecule has 13 nitrogen and oxygen atoms in total. The number of carbonyl (C=O) groups excluding carboxylic acids is 1. The van der Waals surface area contributed by atoms with Crippen LogP contribution in [0.1, 0.15) is 188 Å². The van der Waals surface area contributed by atoms with Gasteiger partial charge in [-0.1, -0.05) is 142 Å². The van der Waals surface area contributed by atoms with Gasteiger partial charge in [0.05, 0.1) is 56.8 Å². The minimum Gasteiger partial charge on any atom is -0.459 e. The molecule has 0 radical (unpaired) electrons. The highest BCUT2D eigenvalue weighted by Crippen LogP contribution is 2.29. The lowest BCUT2D eigenvalue weighted by atomic mass is 9.87. The van der Waals surface area contributed by atoms with Crippen molar-refractivity contribution in [2.24, 2.45) is 5.92 Å². The van der Waals surface area contributed by atoms with E-state index < -0.39 is 61.2 Å². The van der Waals surface area contributed by atoms with Crippen LogP contribution in [0.4, 0.5) is 0 Å². The molecule has 7 N–H and O–H groups in total. The first-order valence-electron chi connectivity index (χ1n) is 24.9. The van der Waals surface area contributed by atoms with Crippen molar-refractivity contribution in [1.29, 1.82) is 0 Å². The van der Waals surface area contributed by atoms with Crippen molar-refractivity contribution in [1.82, 2.24) is 10.2 Å². The van der Waals surface area contributed by atoms with Gasteiger partial charge in [-0.05, 0) is 65.5 Å². The molecule has 3 rings (SSSR count). The molecule has 3 saturated heterocycles. The number of nitrogens with zero attached hydrogens (tertiary/aromatic N) is 1. The van der Waals surface area contributed by atoms with Crippen molar-refractivity contribution in [2.75, 3.05) is 46.1 Å². The van der Waals surface area contributed by atoms with Crippen LogP contribution in [-0.4, -0.2) is 148 Å². The predicted octanol–water partition coefficient (Wildman–Crippen LogP) is 6.30. The average molecular weight is 873 g/mol. The maximum Gasteiger partial charge on any atom is 0.320 e. The summed E-state index contributed by atoms with van der Waals surface area (Å²) in [4.78, 5) is 14.4. The van der Waals surface area contributed by atoms with E-state index >= 15 is 0 Å². The second-order valence-corrected chi connectivity index (χ2v) is 20.0. The van der Waals surface area contributed by atoms with Crippen molar-refractivity contribution >= 4 is 5.97 Å². The van der Waals surface area contributed by atoms with Gasteiger partial charge in [0.25, 0.3) is 0 Å². The molecule has 3 aliphatic rings. The molecule has 61 heavy (non-hydrogen) atoms. The number of unbranched alkanes of at least 4 members (excludes halogenated alkanes) is 18. The lowest BCUT2D eigenvalue weighted by Gasteiger charge is -2.46. The Morgan fingerprint density at radius 3 is 1.84 bits per heavy atom. The zero-order valence-corrected chi connectivity index (χ0v) is 39.0. The van der Waals surface area contributed by atoms with E-state index in [9.17, 15) is 35.4 Å². The SMILES string of the molecule is CCCCCCCCCCCCCC[C@@H](O)[C@@H](O)[C@H](COC1OC(CO)C(O)C(O)C1O)NC1(CCCCCCCCCCC2CCN(CC(=O)OC(C)(C)C)CC2)COC1. The summed E-state index contributed by atoms with van der Waals surface area (Å²) in [5.74, 6) is 0.630. The van der Waals surface area contributed by atoms with Gasteiger partial charge in [-0.3, -0.25) is 15.0 Å². The Morgan fingerprint density at radius 1 is 0.770 bits per heavy atom. The van der Waals surface area contributed by atoms with E-state index in [1.54, 1.807) is 0 Å². The minimum absolute atomic E-state index is 0.128. The maximum absolute atomic E-state index is 12.2. The third kappa shape index (κ3) is 21.7. The molecule has 0 bridgehead atoms. The molecule has 0 aromatic heterocycles. The molecule has 3 fully saturated rings. The van der Waals surface area contributed by atoms with Crippen molar-refractivity contribution in [3.63, 3.8) is 0 Å². The lowest BCUT2D eigenvalue weighted by molar-refractivity contribution is -0.303. The van der Waals surface area contributed by atoms with Gasteiger partial charge in [-0.15, -0.1) is 0 Å². The number of rotatable bonds is 34. The van der Waals surface area contributed by atoms with Crippen molar-refractivity contribution in [2.45, 2.75) is 248 Å². The number of hydrogen-bond acceptors (Lipinski definition) is 13. The molecule has 0 aliphatic carbocycles. The predicted molar refractivity (Wildman–Crippen MR) is 239 cm³/mol. The van der Waals surface area contributed by atoms with Crippen LogP contribution in [0.25, 0.3) is 0 Å². The van der Waals surface area contributed by atoms with Crippen molar-refractivity contribution in [3.05, 3.63) is 0 Å². The Balaban J connectivity index is 1.35. The van der Waals surface area contributed by atoms with Crippen LogP contribution in [0.3, 0.4) is 0 Å². The second kappa shape index (κ2) is 30.3. The van der Waals surface area contributed by atoms with E-state index in [1.807, 2.05) is 20.8 Å². The third-order valence-electron chi connectivity index (χ3n) is 13.2. The van der Waals surface area contributed by atoms with Crippen LogP contribution >= 0.6 is 0 Å². The number of esters is 1. The molecule has 3 aliphatic heterocycles. The quantitative estimate of drug-likeness (QED) is 0.0282. The standard InChI is InChI=1S/C48H92N2O11/c1-5-6-7-8-9-10-11-12-13-17-20-23-26-39(52)42(54)38(34-59-46-45(57)44(56)43(55)40(33-51)60-46)49-48(35-58-36-48)29-24-21-18-15-14-16-19-22-25-37-27-30-50(31-28-37)32-41(53)61-47(2,3)4/h37-40,42-46,49,51-52,54-57H,5-36H2,1-4H3/t38-,39+,40?,42-,43?,44?,45?,46?/m0/s1. The third-order valence-corrected chi connectivity index (χ3v) is 13.2. The highest BCUT2D eigenvalue weighted by Gasteiger charge is 2.46. The van der Waals surface area contributed by atoms with Crippen LogP contribution < -0.4 is 5.32 Å². The molecular weight excluding hydrogens is 781 g/mol. The van der Waals surface area contributed by atoms with Gasteiger partial charge in [0, 0.05) is 0 Å². The van der Waals surface area contributed by atoms with Crippen LogP contribution in [0.5, 0.6) is 0 Å². The first kappa shape index (κ1) is 54.4. The van der Waals surface area contributed by atoms with E-state index in [0.29, 0.717) is 26.2 Å². The molecule has 5 unspecified atom stereocenters. The van der Waals surface area contributed by atoms with Crippen LogP contribution in [0.15, 0.2) is 0 Å². The van der Waals surface area contributed by atoms with Crippen molar-refractivity contribution in [3.8, 4) is 0 Å². The van der Waals surface area contributed by atoms with Gasteiger partial charge >= 0.3 is 5.97 Å². The largest absolute Gasteiger partial charge is 0.459 e. The van der Waals surface area contributed by atoms with Gasteiger partial charge in [0.1, 0.15) is 30.0 Å². The van der Waals surface area contributed by atoms with E-state index in [4.69, 9.17) is 18.9 Å². The Hall–Kier alpha value is -0.970. The molecule has 3 heterocycles. The summed E-state index contributed by atoms with van der Waals surface area (Å²) in [6, 6.07) is -0.714. The first-order valence-corrected chi connectivity index (χ1v) is 24.9. The molecule has 0 aromatic carbocycles. The molecule has 360 valence electrons. The fourth-order valence-electron chi connectivity index (χ4n) is 9.25. The number of carbonyl (C=O) groups is 1. The highest BCUT2D eigenvalue weighted by molar-refractivity contribution is 5.72. The number of ether oxygens (including phenoxy) is 4. The smallest absolute Gasteiger partial charge is 0.320 e. The number of aliphatic hydroxyl groups excluding tert-OH is 6. The second-order valence-electron chi connectivity index (χ2n) is 20.0. The number of hydrogen-bond donors (Lipinski definition) is 7. The molecule has 8 atom stereocenters. The zero-order chi connectivity index (χ0) is 44.5. The van der Waals surface area contributed by atoms with Gasteiger partial charge in [-0.25, -0.2) is 0 Å². The van der Waals surface area contributed by atoms with E-state index in [1.165, 1.54) is 96.3 Å². The van der Waals surface area contributed by atoms with E-state index in [-0.39, 0.29) is 18.1 Å². The van der Waals surface area contributed by atoms with Gasteiger partial charge in [-0.2, -0.15) is 0 Å². The fourth-order valence-corrected chi connectivity index (χ4v) is 9.25. The topological polar surface area (TPSA) is 191 Å². The summed E-state index contributed by atoms with van der Waals surface area (Å²) in [5, 5.41) is 67.1. The number of aliphatic hydroxyl groups is 6. The van der Waals surface area contributed by atoms with Crippen LogP contribution in [0.2, 0.25) is 0 Å². The molecule has 13 heteroatoms.